The van der Waals surface area contributed by atoms with Crippen LogP contribution in [0.15, 0.2) is 170 Å². The fraction of sp³-hybridized carbons (Fsp3) is 0.0400. The number of rotatable bonds is 6. The van der Waals surface area contributed by atoms with Crippen LogP contribution in [0.25, 0.3) is 88.7 Å². The van der Waals surface area contributed by atoms with Crippen molar-refractivity contribution >= 4 is 54.6 Å². The molecule has 0 aliphatic heterocycles. The van der Waals surface area contributed by atoms with Crippen LogP contribution in [-0.4, -0.2) is 19.1 Å². The average molecular weight is 935 g/mol. The molecule has 0 saturated heterocycles. The molecule has 4 heterocycles. The Balaban J connectivity index is 0.00000408. The van der Waals surface area contributed by atoms with Gasteiger partial charge in [0.2, 0.25) is 0 Å². The van der Waals surface area contributed by atoms with E-state index in [1.165, 1.54) is 12.1 Å². The van der Waals surface area contributed by atoms with Crippen molar-refractivity contribution in [3.63, 3.8) is 0 Å². The SMILES string of the molecule is Cc1cc(C(F)(F)c2ccccc2)cc2c3ccc(-c4cccc5c4nc(-c4cccc6c4[n-]c4ccccc46)n5-c4ccccc4)[c-]c3n(-c3ccccn3)c12.[Pt+2]. The Morgan fingerprint density at radius 3 is 2.16 bits per heavy atom. The Labute approximate surface area is 346 Å². The molecule has 0 spiro atoms. The summed E-state index contributed by atoms with van der Waals surface area (Å²) in [7, 11) is 0. The molecular formula is C50H31F2N5Pt. The van der Waals surface area contributed by atoms with Gasteiger partial charge in [0.15, 0.2) is 0 Å². The van der Waals surface area contributed by atoms with Gasteiger partial charge >= 0.3 is 21.1 Å². The number of alkyl halides is 2. The number of aromatic nitrogens is 5. The monoisotopic (exact) mass is 934 g/mol. The Bertz CT molecular complexity index is 3330. The van der Waals surface area contributed by atoms with Crippen LogP contribution in [-0.2, 0) is 27.0 Å². The maximum absolute atomic E-state index is 16.1. The average Bonchev–Trinajstić information content (AvgIpc) is 3.94. The fourth-order valence-corrected chi connectivity index (χ4v) is 8.45. The second-order valence-electron chi connectivity index (χ2n) is 14.4. The predicted octanol–water partition coefficient (Wildman–Crippen LogP) is 12.4. The van der Waals surface area contributed by atoms with E-state index in [9.17, 15) is 0 Å². The van der Waals surface area contributed by atoms with Gasteiger partial charge in [0, 0.05) is 34.1 Å². The van der Waals surface area contributed by atoms with Crippen LogP contribution in [0.2, 0.25) is 0 Å². The summed E-state index contributed by atoms with van der Waals surface area (Å²) in [5.41, 5.74) is 9.36. The zero-order valence-electron chi connectivity index (χ0n) is 31.0. The van der Waals surface area contributed by atoms with E-state index >= 15 is 8.78 Å². The van der Waals surface area contributed by atoms with Crippen LogP contribution >= 0.6 is 0 Å². The smallest absolute Gasteiger partial charge is 0.656 e. The van der Waals surface area contributed by atoms with Gasteiger partial charge in [-0.3, -0.25) is 4.57 Å². The van der Waals surface area contributed by atoms with E-state index in [2.05, 4.69) is 59.2 Å². The summed E-state index contributed by atoms with van der Waals surface area (Å²) in [4.78, 5) is 15.3. The zero-order valence-corrected chi connectivity index (χ0v) is 33.2. The third-order valence-electron chi connectivity index (χ3n) is 11.0. The van der Waals surface area contributed by atoms with Gasteiger partial charge in [-0.15, -0.1) is 34.8 Å². The first kappa shape index (κ1) is 35.7. The Hall–Kier alpha value is -6.69. The number of benzene rings is 7. The van der Waals surface area contributed by atoms with E-state index in [1.54, 1.807) is 36.5 Å². The Morgan fingerprint density at radius 2 is 1.34 bits per heavy atom. The third kappa shape index (κ3) is 5.45. The van der Waals surface area contributed by atoms with Crippen molar-refractivity contribution < 1.29 is 29.8 Å². The normalized spacial score (nSPS) is 11.9. The van der Waals surface area contributed by atoms with Crippen molar-refractivity contribution in [3.05, 3.63) is 193 Å². The summed E-state index contributed by atoms with van der Waals surface area (Å²) in [6.45, 7) is 1.88. The number of para-hydroxylation sites is 4. The molecule has 0 bridgehead atoms. The van der Waals surface area contributed by atoms with Crippen molar-refractivity contribution in [2.45, 2.75) is 12.8 Å². The predicted molar refractivity (Wildman–Crippen MR) is 225 cm³/mol. The molecule has 0 aliphatic rings. The number of fused-ring (bicyclic) bond motifs is 7. The van der Waals surface area contributed by atoms with Gasteiger partial charge in [0.05, 0.1) is 11.0 Å². The van der Waals surface area contributed by atoms with Crippen molar-refractivity contribution in [1.29, 1.82) is 0 Å². The molecule has 0 saturated carbocycles. The van der Waals surface area contributed by atoms with Gasteiger partial charge in [0.1, 0.15) is 11.6 Å². The molecule has 8 heteroatoms. The number of nitrogens with zero attached hydrogens (tertiary/aromatic N) is 5. The first-order chi connectivity index (χ1) is 28.0. The molecule has 0 atom stereocenters. The third-order valence-corrected chi connectivity index (χ3v) is 11.0. The van der Waals surface area contributed by atoms with E-state index in [1.807, 2.05) is 84.3 Å². The van der Waals surface area contributed by atoms with Gasteiger partial charge < -0.3 is 9.55 Å². The van der Waals surface area contributed by atoms with Crippen LogP contribution in [0.3, 0.4) is 0 Å². The van der Waals surface area contributed by atoms with Crippen LogP contribution in [0, 0.1) is 13.0 Å². The molecule has 0 radical (unpaired) electrons. The maximum atomic E-state index is 16.1. The minimum Gasteiger partial charge on any atom is -0.656 e. The molecule has 4 aromatic heterocycles. The van der Waals surface area contributed by atoms with Crippen LogP contribution in [0.5, 0.6) is 0 Å². The molecule has 0 N–H and O–H groups in total. The molecule has 0 unspecified atom stereocenters. The number of hydrogen-bond donors (Lipinski definition) is 0. The molecule has 58 heavy (non-hydrogen) atoms. The molecule has 11 rings (SSSR count). The van der Waals surface area contributed by atoms with E-state index < -0.39 is 5.92 Å². The van der Waals surface area contributed by atoms with Crippen LogP contribution < -0.4 is 4.98 Å². The maximum Gasteiger partial charge on any atom is 2.00 e. The molecule has 0 amide bonds. The molecular weight excluding hydrogens is 904 g/mol. The molecule has 5 nitrogen and oxygen atoms in total. The topological polar surface area (TPSA) is 49.7 Å². The number of aryl methyl sites for hydroxylation is 1. The van der Waals surface area contributed by atoms with Crippen LogP contribution in [0.1, 0.15) is 16.7 Å². The van der Waals surface area contributed by atoms with Crippen molar-refractivity contribution in [3.8, 4) is 34.0 Å². The van der Waals surface area contributed by atoms with Gasteiger partial charge in [-0.05, 0) is 70.6 Å². The van der Waals surface area contributed by atoms with E-state index in [0.717, 1.165) is 77.5 Å². The summed E-state index contributed by atoms with van der Waals surface area (Å²) in [6, 6.07) is 55.7. The van der Waals surface area contributed by atoms with E-state index in [4.69, 9.17) is 15.0 Å². The Kier molecular flexibility index (Phi) is 8.47. The van der Waals surface area contributed by atoms with E-state index in [-0.39, 0.29) is 32.2 Å². The Morgan fingerprint density at radius 1 is 0.621 bits per heavy atom. The first-order valence-electron chi connectivity index (χ1n) is 18.8. The number of pyridine rings is 1. The fourth-order valence-electron chi connectivity index (χ4n) is 8.45. The van der Waals surface area contributed by atoms with E-state index in [0.29, 0.717) is 16.8 Å². The largest absolute Gasteiger partial charge is 2.00 e. The summed E-state index contributed by atoms with van der Waals surface area (Å²) in [5.74, 6) is -1.74. The molecule has 0 fully saturated rings. The number of halogens is 2. The first-order valence-corrected chi connectivity index (χ1v) is 18.8. The minimum atomic E-state index is -3.19. The minimum absolute atomic E-state index is 0. The summed E-state index contributed by atoms with van der Waals surface area (Å²) >= 11 is 0. The molecule has 11 aromatic rings. The molecule has 7 aromatic carbocycles. The summed E-state index contributed by atoms with van der Waals surface area (Å²) in [6.07, 6.45) is 1.74. The second-order valence-corrected chi connectivity index (χ2v) is 14.4. The second kappa shape index (κ2) is 13.8. The quantitative estimate of drug-likeness (QED) is 0.156. The summed E-state index contributed by atoms with van der Waals surface area (Å²) < 4.78 is 36.5. The molecule has 0 aliphatic carbocycles. The van der Waals surface area contributed by atoms with Crippen LogP contribution in [0.4, 0.5) is 8.78 Å². The van der Waals surface area contributed by atoms with Gasteiger partial charge in [0.25, 0.3) is 5.92 Å². The zero-order chi connectivity index (χ0) is 38.3. The van der Waals surface area contributed by atoms with Crippen molar-refractivity contribution in [2.75, 3.05) is 0 Å². The number of hydrogen-bond acceptors (Lipinski definition) is 2. The molecule has 280 valence electrons. The van der Waals surface area contributed by atoms with Crippen molar-refractivity contribution in [2.24, 2.45) is 0 Å². The van der Waals surface area contributed by atoms with Crippen molar-refractivity contribution in [1.82, 2.24) is 24.1 Å². The van der Waals surface area contributed by atoms with Gasteiger partial charge in [-0.2, -0.15) is 8.78 Å². The summed E-state index contributed by atoms with van der Waals surface area (Å²) in [5, 5.41) is 3.70. The number of imidazole rings is 1. The van der Waals surface area contributed by atoms with Gasteiger partial charge in [-0.1, -0.05) is 126 Å². The standard InChI is InChI=1S/C50H31F2N5.Pt/c1-31-28-34(50(51,52)33-14-4-2-5-15-33)30-41-38-26-25-32(29-44(38)57(48(31)41)45-24-10-11-27-53-45)36-19-13-23-43-47(36)55-49(56(43)35-16-6-3-7-17-35)40-21-12-20-39-37-18-8-9-22-42(37)54-46(39)40;/h2-28,30H,1H3;/q-2;+2. The van der Waals surface area contributed by atoms with Gasteiger partial charge in [-0.25, -0.2) is 9.97 Å².